The molecule has 1 aromatic carbocycles. The average Bonchev–Trinajstić information content (AvgIpc) is 2.41. The Hall–Kier alpha value is -1.06. The van der Waals surface area contributed by atoms with E-state index in [9.17, 15) is 0 Å². The molecule has 1 aliphatic rings. The van der Waals surface area contributed by atoms with E-state index >= 15 is 0 Å². The van der Waals surface area contributed by atoms with Gasteiger partial charge in [-0.3, -0.25) is 4.90 Å². The molecule has 2 N–H and O–H groups in total. The second kappa shape index (κ2) is 6.92. The van der Waals surface area contributed by atoms with Gasteiger partial charge in [0.25, 0.3) is 0 Å². The van der Waals surface area contributed by atoms with Crippen molar-refractivity contribution in [3.05, 3.63) is 29.8 Å². The Morgan fingerprint density at radius 3 is 2.68 bits per heavy atom. The van der Waals surface area contributed by atoms with Gasteiger partial charge in [-0.1, -0.05) is 12.1 Å². The Morgan fingerprint density at radius 1 is 1.32 bits per heavy atom. The fourth-order valence-electron chi connectivity index (χ4n) is 2.69. The molecule has 0 aromatic heterocycles. The van der Waals surface area contributed by atoms with Gasteiger partial charge in [0.05, 0.1) is 6.10 Å². The predicted molar refractivity (Wildman–Crippen MR) is 79.3 cm³/mol. The summed E-state index contributed by atoms with van der Waals surface area (Å²) in [6.45, 7) is 8.28. The molecule has 0 bridgehead atoms. The number of rotatable bonds is 5. The molecule has 1 aromatic rings. The summed E-state index contributed by atoms with van der Waals surface area (Å²) in [4.78, 5) is 2.51. The number of hydrogen-bond acceptors (Lipinski definition) is 3. The maximum atomic E-state index is 5.78. The summed E-state index contributed by atoms with van der Waals surface area (Å²) in [5.74, 6) is 1.63. The van der Waals surface area contributed by atoms with Crippen molar-refractivity contribution >= 4 is 0 Å². The Morgan fingerprint density at radius 2 is 2.05 bits per heavy atom. The third-order valence-corrected chi connectivity index (χ3v) is 3.64. The van der Waals surface area contributed by atoms with Crippen molar-refractivity contribution < 1.29 is 4.74 Å². The second-order valence-corrected chi connectivity index (χ2v) is 5.79. The Kier molecular flexibility index (Phi) is 5.23. The molecule has 1 atom stereocenters. The van der Waals surface area contributed by atoms with Gasteiger partial charge in [-0.2, -0.15) is 0 Å². The number of ether oxygens (including phenoxy) is 1. The average molecular weight is 262 g/mol. The van der Waals surface area contributed by atoms with Crippen molar-refractivity contribution in [1.82, 2.24) is 4.90 Å². The highest BCUT2D eigenvalue weighted by Gasteiger charge is 2.18. The Labute approximate surface area is 116 Å². The van der Waals surface area contributed by atoms with E-state index in [-0.39, 0.29) is 6.10 Å². The van der Waals surface area contributed by atoms with Crippen LogP contribution >= 0.6 is 0 Å². The topological polar surface area (TPSA) is 38.5 Å². The van der Waals surface area contributed by atoms with E-state index in [2.05, 4.69) is 43.0 Å². The number of nitrogens with zero attached hydrogens (tertiary/aromatic N) is 1. The smallest absolute Gasteiger partial charge is 0.119 e. The lowest BCUT2D eigenvalue weighted by Crippen LogP contribution is -2.37. The van der Waals surface area contributed by atoms with Crippen LogP contribution in [0.2, 0.25) is 0 Å². The first kappa shape index (κ1) is 14.4. The maximum absolute atomic E-state index is 5.78. The van der Waals surface area contributed by atoms with Crippen LogP contribution < -0.4 is 10.5 Å². The van der Waals surface area contributed by atoms with E-state index in [1.165, 1.54) is 24.9 Å². The molecule has 0 radical (unpaired) electrons. The molecule has 0 amide bonds. The van der Waals surface area contributed by atoms with E-state index in [0.29, 0.717) is 5.92 Å². The third kappa shape index (κ3) is 4.51. The van der Waals surface area contributed by atoms with Crippen LogP contribution in [0.5, 0.6) is 5.75 Å². The molecule has 1 saturated heterocycles. The highest BCUT2D eigenvalue weighted by Crippen LogP contribution is 2.19. The molecule has 0 saturated carbocycles. The van der Waals surface area contributed by atoms with E-state index in [0.717, 1.165) is 25.4 Å². The zero-order valence-electron chi connectivity index (χ0n) is 12.1. The van der Waals surface area contributed by atoms with Crippen molar-refractivity contribution in [2.24, 2.45) is 11.7 Å². The van der Waals surface area contributed by atoms with Crippen molar-refractivity contribution in [3.63, 3.8) is 0 Å². The number of hydrogen-bond donors (Lipinski definition) is 1. The van der Waals surface area contributed by atoms with Crippen LogP contribution in [0.4, 0.5) is 0 Å². The van der Waals surface area contributed by atoms with Gasteiger partial charge in [-0.25, -0.2) is 0 Å². The molecule has 1 unspecified atom stereocenters. The lowest BCUT2D eigenvalue weighted by Gasteiger charge is -2.32. The number of benzene rings is 1. The van der Waals surface area contributed by atoms with Crippen molar-refractivity contribution in [1.29, 1.82) is 0 Å². The van der Waals surface area contributed by atoms with E-state index in [1.54, 1.807) is 0 Å². The Bertz CT molecular complexity index is 375. The van der Waals surface area contributed by atoms with Gasteiger partial charge in [-0.05, 0) is 63.4 Å². The summed E-state index contributed by atoms with van der Waals surface area (Å²) in [5.41, 5.74) is 7.14. The quantitative estimate of drug-likeness (QED) is 0.886. The van der Waals surface area contributed by atoms with Gasteiger partial charge in [0.15, 0.2) is 0 Å². The second-order valence-electron chi connectivity index (χ2n) is 5.79. The zero-order chi connectivity index (χ0) is 13.7. The minimum Gasteiger partial charge on any atom is -0.491 e. The van der Waals surface area contributed by atoms with Crippen molar-refractivity contribution in [2.45, 2.75) is 39.3 Å². The van der Waals surface area contributed by atoms with Crippen molar-refractivity contribution in [2.75, 3.05) is 19.6 Å². The van der Waals surface area contributed by atoms with Crippen LogP contribution in [0.15, 0.2) is 24.3 Å². The summed E-state index contributed by atoms with van der Waals surface area (Å²) in [7, 11) is 0. The Balaban J connectivity index is 1.88. The fraction of sp³-hybridized carbons (Fsp3) is 0.625. The molecule has 3 nitrogen and oxygen atoms in total. The lowest BCUT2D eigenvalue weighted by molar-refractivity contribution is 0.171. The van der Waals surface area contributed by atoms with Gasteiger partial charge < -0.3 is 10.5 Å². The first-order valence-electron chi connectivity index (χ1n) is 7.35. The summed E-state index contributed by atoms with van der Waals surface area (Å²) >= 11 is 0. The van der Waals surface area contributed by atoms with Crippen LogP contribution in [-0.2, 0) is 6.54 Å². The van der Waals surface area contributed by atoms with Crippen LogP contribution in [0.3, 0.4) is 0 Å². The molecule has 1 heterocycles. The fourth-order valence-corrected chi connectivity index (χ4v) is 2.69. The number of piperidine rings is 1. The number of likely N-dealkylation sites (tertiary alicyclic amines) is 1. The van der Waals surface area contributed by atoms with Crippen LogP contribution in [0, 0.1) is 5.92 Å². The van der Waals surface area contributed by atoms with E-state index in [4.69, 9.17) is 10.5 Å². The first-order valence-corrected chi connectivity index (χ1v) is 7.35. The van der Waals surface area contributed by atoms with Crippen LogP contribution in [0.25, 0.3) is 0 Å². The highest BCUT2D eigenvalue weighted by atomic mass is 16.5. The predicted octanol–water partition coefficient (Wildman–Crippen LogP) is 2.64. The maximum Gasteiger partial charge on any atom is 0.119 e. The molecule has 19 heavy (non-hydrogen) atoms. The van der Waals surface area contributed by atoms with Crippen LogP contribution in [-0.4, -0.2) is 30.6 Å². The molecule has 2 rings (SSSR count). The summed E-state index contributed by atoms with van der Waals surface area (Å²) in [5, 5.41) is 0. The molecule has 0 spiro atoms. The normalized spacial score (nSPS) is 20.7. The third-order valence-electron chi connectivity index (χ3n) is 3.64. The van der Waals surface area contributed by atoms with Gasteiger partial charge in [0.1, 0.15) is 5.75 Å². The van der Waals surface area contributed by atoms with Gasteiger partial charge in [0.2, 0.25) is 0 Å². The largest absolute Gasteiger partial charge is 0.491 e. The van der Waals surface area contributed by atoms with Gasteiger partial charge in [0, 0.05) is 13.1 Å². The lowest BCUT2D eigenvalue weighted by atomic mass is 9.98. The minimum atomic E-state index is 0.234. The molecule has 1 fully saturated rings. The number of nitrogens with two attached hydrogens (primary N) is 1. The zero-order valence-corrected chi connectivity index (χ0v) is 12.1. The first-order chi connectivity index (χ1) is 9.17. The van der Waals surface area contributed by atoms with Gasteiger partial charge in [-0.15, -0.1) is 0 Å². The molecule has 3 heteroatoms. The molecule has 106 valence electrons. The molecule has 0 aliphatic carbocycles. The molecular weight excluding hydrogens is 236 g/mol. The van der Waals surface area contributed by atoms with Crippen LogP contribution in [0.1, 0.15) is 32.3 Å². The van der Waals surface area contributed by atoms with E-state index < -0.39 is 0 Å². The molecular formula is C16H26N2O. The summed E-state index contributed by atoms with van der Waals surface area (Å²) in [6.07, 6.45) is 2.79. The minimum absolute atomic E-state index is 0.234. The van der Waals surface area contributed by atoms with E-state index in [1.807, 2.05) is 0 Å². The standard InChI is InChI=1S/C16H26N2O/c1-13(2)19-16-7-5-14(6-8-16)11-18-9-3-4-15(10-17)12-18/h5-8,13,15H,3-4,9-12,17H2,1-2H3. The summed E-state index contributed by atoms with van der Waals surface area (Å²) < 4.78 is 5.66. The van der Waals surface area contributed by atoms with Gasteiger partial charge >= 0.3 is 0 Å². The summed E-state index contributed by atoms with van der Waals surface area (Å²) in [6, 6.07) is 8.48. The molecule has 1 aliphatic heterocycles. The van der Waals surface area contributed by atoms with Crippen molar-refractivity contribution in [3.8, 4) is 5.75 Å². The monoisotopic (exact) mass is 262 g/mol. The highest BCUT2D eigenvalue weighted by molar-refractivity contribution is 5.27. The SMILES string of the molecule is CC(C)Oc1ccc(CN2CCCC(CN)C2)cc1.